The molecule has 24 heavy (non-hydrogen) atoms. The van der Waals surface area contributed by atoms with Crippen molar-refractivity contribution in [1.29, 1.82) is 0 Å². The quantitative estimate of drug-likeness (QED) is 0.283. The molecular weight excluding hydrogens is 360 g/mol. The van der Waals surface area contributed by atoms with E-state index in [-0.39, 0.29) is 0 Å². The van der Waals surface area contributed by atoms with E-state index in [1.807, 2.05) is 24.3 Å². The summed E-state index contributed by atoms with van der Waals surface area (Å²) in [5.41, 5.74) is 4.65. The highest BCUT2D eigenvalue weighted by Crippen LogP contribution is 2.47. The van der Waals surface area contributed by atoms with Crippen LogP contribution in [0.4, 0.5) is 0 Å². The Morgan fingerprint density at radius 2 is 1.12 bits per heavy atom. The van der Waals surface area contributed by atoms with Crippen molar-refractivity contribution in [2.45, 2.75) is 0 Å². The van der Waals surface area contributed by atoms with Gasteiger partial charge in [-0.2, -0.15) is 0 Å². The lowest BCUT2D eigenvalue weighted by Gasteiger charge is -2.21. The number of benzene rings is 4. The van der Waals surface area contributed by atoms with Gasteiger partial charge in [0.1, 0.15) is 11.5 Å². The topological polar surface area (TPSA) is 9.23 Å². The number of fused-ring (bicyclic) bond motifs is 4. The predicted molar refractivity (Wildman–Crippen MR) is 103 cm³/mol. The van der Waals surface area contributed by atoms with E-state index in [0.29, 0.717) is 0 Å². The first-order valence-electron chi connectivity index (χ1n) is 7.91. The highest BCUT2D eigenvalue weighted by atomic mass is 79.9. The fourth-order valence-corrected chi connectivity index (χ4v) is 3.96. The van der Waals surface area contributed by atoms with Gasteiger partial charge in [-0.25, -0.2) is 0 Å². The molecule has 1 nitrogen and oxygen atoms in total. The smallest absolute Gasteiger partial charge is 0.135 e. The SMILES string of the molecule is Brc1ccc2c3c(cccc13)-c1ccccc1Oc1ccccc1-2. The summed E-state index contributed by atoms with van der Waals surface area (Å²) in [4.78, 5) is 0. The lowest BCUT2D eigenvalue weighted by atomic mass is 9.90. The molecule has 2 heteroatoms. The van der Waals surface area contributed by atoms with Crippen LogP contribution < -0.4 is 4.74 Å². The number of para-hydroxylation sites is 2. The van der Waals surface area contributed by atoms with E-state index < -0.39 is 0 Å². The molecule has 5 rings (SSSR count). The van der Waals surface area contributed by atoms with Crippen LogP contribution in [0.3, 0.4) is 0 Å². The number of hydrogen-bond donors (Lipinski definition) is 0. The summed E-state index contributed by atoms with van der Waals surface area (Å²) in [7, 11) is 0. The van der Waals surface area contributed by atoms with Gasteiger partial charge in [-0.15, -0.1) is 0 Å². The zero-order valence-corrected chi connectivity index (χ0v) is 14.4. The fourth-order valence-electron chi connectivity index (χ4n) is 3.49. The minimum atomic E-state index is 0.892. The van der Waals surface area contributed by atoms with Crippen molar-refractivity contribution in [2.75, 3.05) is 0 Å². The minimum Gasteiger partial charge on any atom is -0.456 e. The van der Waals surface area contributed by atoms with E-state index in [4.69, 9.17) is 4.74 Å². The van der Waals surface area contributed by atoms with Crippen LogP contribution in [0, 0.1) is 0 Å². The number of hydrogen-bond acceptors (Lipinski definition) is 1. The Morgan fingerprint density at radius 3 is 1.83 bits per heavy atom. The zero-order chi connectivity index (χ0) is 16.1. The molecule has 4 aromatic carbocycles. The first kappa shape index (κ1) is 13.8. The minimum absolute atomic E-state index is 0.892. The highest BCUT2D eigenvalue weighted by Gasteiger charge is 2.20. The van der Waals surface area contributed by atoms with E-state index in [2.05, 4.69) is 70.5 Å². The van der Waals surface area contributed by atoms with E-state index >= 15 is 0 Å². The van der Waals surface area contributed by atoms with Gasteiger partial charge < -0.3 is 4.74 Å². The molecule has 114 valence electrons. The van der Waals surface area contributed by atoms with E-state index in [1.54, 1.807) is 0 Å². The van der Waals surface area contributed by atoms with Crippen LogP contribution in [-0.2, 0) is 0 Å². The Bertz CT molecular complexity index is 1050. The van der Waals surface area contributed by atoms with Crippen molar-refractivity contribution in [1.82, 2.24) is 0 Å². The van der Waals surface area contributed by atoms with Crippen molar-refractivity contribution in [2.24, 2.45) is 0 Å². The molecule has 1 aliphatic rings. The van der Waals surface area contributed by atoms with Crippen molar-refractivity contribution >= 4 is 26.7 Å². The van der Waals surface area contributed by atoms with Gasteiger partial charge in [-0.3, -0.25) is 0 Å². The van der Waals surface area contributed by atoms with Gasteiger partial charge in [0.2, 0.25) is 0 Å². The molecule has 0 saturated heterocycles. The molecule has 0 amide bonds. The third-order valence-electron chi connectivity index (χ3n) is 4.56. The summed E-state index contributed by atoms with van der Waals surface area (Å²) in [5.74, 6) is 1.78. The standard InChI is InChI=1S/C22H13BrO/c23-19-13-12-17-15-7-2-4-11-21(15)24-20-10-3-1-6-14(20)16-8-5-9-18(19)22(16)17/h1-13H. The van der Waals surface area contributed by atoms with Crippen LogP contribution in [-0.4, -0.2) is 0 Å². The fraction of sp³-hybridized carbons (Fsp3) is 0. The summed E-state index contributed by atoms with van der Waals surface area (Å²) < 4.78 is 7.40. The normalized spacial score (nSPS) is 11.9. The maximum absolute atomic E-state index is 6.29. The summed E-state index contributed by atoms with van der Waals surface area (Å²) in [5, 5.41) is 2.48. The average molecular weight is 373 g/mol. The number of rotatable bonds is 0. The Balaban J connectivity index is 2.04. The largest absolute Gasteiger partial charge is 0.456 e. The molecule has 0 bridgehead atoms. The van der Waals surface area contributed by atoms with Crippen molar-refractivity contribution < 1.29 is 4.74 Å². The van der Waals surface area contributed by atoms with Crippen LogP contribution >= 0.6 is 15.9 Å². The maximum Gasteiger partial charge on any atom is 0.135 e. The van der Waals surface area contributed by atoms with Crippen molar-refractivity contribution in [3.63, 3.8) is 0 Å². The molecule has 0 radical (unpaired) electrons. The second kappa shape index (κ2) is 5.22. The highest BCUT2D eigenvalue weighted by molar-refractivity contribution is 9.10. The van der Waals surface area contributed by atoms with Gasteiger partial charge in [-0.05, 0) is 40.1 Å². The van der Waals surface area contributed by atoms with Crippen LogP contribution in [0.15, 0.2) is 83.3 Å². The molecule has 0 N–H and O–H groups in total. The third-order valence-corrected chi connectivity index (χ3v) is 5.25. The molecule has 1 heterocycles. The van der Waals surface area contributed by atoms with Crippen LogP contribution in [0.1, 0.15) is 0 Å². The van der Waals surface area contributed by atoms with E-state index in [9.17, 15) is 0 Å². The number of halogens is 1. The molecular formula is C22H13BrO. The summed E-state index contributed by atoms with van der Waals surface area (Å²) in [6, 6.07) is 27.2. The second-order valence-electron chi connectivity index (χ2n) is 5.92. The van der Waals surface area contributed by atoms with Gasteiger partial charge in [0.25, 0.3) is 0 Å². The van der Waals surface area contributed by atoms with Gasteiger partial charge in [0.15, 0.2) is 0 Å². The first-order valence-corrected chi connectivity index (χ1v) is 8.70. The lowest BCUT2D eigenvalue weighted by molar-refractivity contribution is 0.486. The van der Waals surface area contributed by atoms with Crippen LogP contribution in [0.25, 0.3) is 33.0 Å². The lowest BCUT2D eigenvalue weighted by Crippen LogP contribution is -1.96. The Morgan fingerprint density at radius 1 is 0.542 bits per heavy atom. The molecule has 0 atom stereocenters. The van der Waals surface area contributed by atoms with Gasteiger partial charge in [-0.1, -0.05) is 76.6 Å². The van der Waals surface area contributed by atoms with E-state index in [0.717, 1.165) is 27.1 Å². The summed E-state index contributed by atoms with van der Waals surface area (Å²) in [6.07, 6.45) is 0. The Hall–Kier alpha value is -2.58. The second-order valence-corrected chi connectivity index (χ2v) is 6.77. The first-order chi connectivity index (χ1) is 11.8. The molecule has 0 aliphatic carbocycles. The predicted octanol–water partition coefficient (Wildman–Crippen LogP) is 7.04. The Kier molecular flexibility index (Phi) is 3.00. The monoisotopic (exact) mass is 372 g/mol. The molecule has 0 saturated carbocycles. The average Bonchev–Trinajstić information content (AvgIpc) is 2.62. The summed E-state index contributed by atoms with van der Waals surface area (Å²) in [6.45, 7) is 0. The maximum atomic E-state index is 6.29. The van der Waals surface area contributed by atoms with Gasteiger partial charge >= 0.3 is 0 Å². The summed E-state index contributed by atoms with van der Waals surface area (Å²) >= 11 is 3.71. The molecule has 1 aliphatic heterocycles. The third kappa shape index (κ3) is 1.93. The molecule has 0 spiro atoms. The molecule has 0 unspecified atom stereocenters. The van der Waals surface area contributed by atoms with Crippen LogP contribution in [0.2, 0.25) is 0 Å². The van der Waals surface area contributed by atoms with Crippen molar-refractivity contribution in [3.05, 3.63) is 83.3 Å². The van der Waals surface area contributed by atoms with Gasteiger partial charge in [0.05, 0.1) is 0 Å². The Labute approximate surface area is 148 Å². The molecule has 4 aromatic rings. The van der Waals surface area contributed by atoms with Crippen molar-refractivity contribution in [3.8, 4) is 33.8 Å². The number of ether oxygens (including phenoxy) is 1. The van der Waals surface area contributed by atoms with Gasteiger partial charge in [0, 0.05) is 15.6 Å². The molecule has 0 aromatic heterocycles. The molecule has 0 fully saturated rings. The zero-order valence-electron chi connectivity index (χ0n) is 12.8. The van der Waals surface area contributed by atoms with Crippen LogP contribution in [0.5, 0.6) is 11.5 Å². The van der Waals surface area contributed by atoms with E-state index in [1.165, 1.54) is 21.9 Å².